The van der Waals surface area contributed by atoms with Crippen LogP contribution in [-0.4, -0.2) is 34.6 Å². The minimum atomic E-state index is -0.459. The lowest BCUT2D eigenvalue weighted by molar-refractivity contribution is -0.143. The SMILES string of the molecule is COC(=O)COc1cc(C)nc(-c2cccnc2)n1. The van der Waals surface area contributed by atoms with Crippen molar-refractivity contribution in [1.29, 1.82) is 0 Å². The van der Waals surface area contributed by atoms with Crippen molar-refractivity contribution < 1.29 is 14.3 Å². The van der Waals surface area contributed by atoms with E-state index in [0.717, 1.165) is 11.3 Å². The number of hydrogen-bond acceptors (Lipinski definition) is 6. The van der Waals surface area contributed by atoms with E-state index in [9.17, 15) is 4.79 Å². The minimum absolute atomic E-state index is 0.181. The summed E-state index contributed by atoms with van der Waals surface area (Å²) in [5.41, 5.74) is 1.53. The molecule has 0 saturated carbocycles. The van der Waals surface area contributed by atoms with Gasteiger partial charge in [0, 0.05) is 29.7 Å². The summed E-state index contributed by atoms with van der Waals surface area (Å²) in [6.07, 6.45) is 3.34. The summed E-state index contributed by atoms with van der Waals surface area (Å²) < 4.78 is 9.76. The summed E-state index contributed by atoms with van der Waals surface area (Å²) in [6.45, 7) is 1.64. The molecule has 6 nitrogen and oxygen atoms in total. The van der Waals surface area contributed by atoms with E-state index < -0.39 is 5.97 Å². The van der Waals surface area contributed by atoms with E-state index in [2.05, 4.69) is 19.7 Å². The van der Waals surface area contributed by atoms with Crippen LogP contribution in [0.15, 0.2) is 30.6 Å². The number of methoxy groups -OCH3 is 1. The molecule has 2 aromatic rings. The Hall–Kier alpha value is -2.50. The van der Waals surface area contributed by atoms with Gasteiger partial charge in [0.25, 0.3) is 0 Å². The zero-order valence-electron chi connectivity index (χ0n) is 10.7. The van der Waals surface area contributed by atoms with Crippen LogP contribution in [0.5, 0.6) is 5.88 Å². The van der Waals surface area contributed by atoms with Gasteiger partial charge >= 0.3 is 5.97 Å². The number of ether oxygens (including phenoxy) is 2. The van der Waals surface area contributed by atoms with Gasteiger partial charge in [0.05, 0.1) is 7.11 Å². The summed E-state index contributed by atoms with van der Waals surface area (Å²) in [4.78, 5) is 23.6. The average Bonchev–Trinajstić information content (AvgIpc) is 2.45. The van der Waals surface area contributed by atoms with E-state index >= 15 is 0 Å². The van der Waals surface area contributed by atoms with Gasteiger partial charge < -0.3 is 9.47 Å². The number of carbonyl (C=O) groups excluding carboxylic acids is 1. The van der Waals surface area contributed by atoms with Crippen LogP contribution in [0, 0.1) is 6.92 Å². The average molecular weight is 259 g/mol. The lowest BCUT2D eigenvalue weighted by Crippen LogP contribution is -2.13. The van der Waals surface area contributed by atoms with E-state index in [4.69, 9.17) is 4.74 Å². The highest BCUT2D eigenvalue weighted by Crippen LogP contribution is 2.17. The van der Waals surface area contributed by atoms with Gasteiger partial charge in [-0.25, -0.2) is 9.78 Å². The van der Waals surface area contributed by atoms with E-state index in [0.29, 0.717) is 11.7 Å². The molecule has 19 heavy (non-hydrogen) atoms. The Kier molecular flexibility index (Phi) is 4.02. The van der Waals surface area contributed by atoms with Crippen LogP contribution in [-0.2, 0) is 9.53 Å². The van der Waals surface area contributed by atoms with Crippen molar-refractivity contribution >= 4 is 5.97 Å². The normalized spacial score (nSPS) is 10.0. The molecule has 6 heteroatoms. The molecule has 2 rings (SSSR count). The Morgan fingerprint density at radius 1 is 1.37 bits per heavy atom. The van der Waals surface area contributed by atoms with Gasteiger partial charge in [0.1, 0.15) is 0 Å². The molecule has 0 N–H and O–H groups in total. The van der Waals surface area contributed by atoms with Crippen molar-refractivity contribution in [2.45, 2.75) is 6.92 Å². The number of hydrogen-bond donors (Lipinski definition) is 0. The molecule has 0 aromatic carbocycles. The zero-order valence-corrected chi connectivity index (χ0v) is 10.7. The van der Waals surface area contributed by atoms with Crippen molar-refractivity contribution in [3.05, 3.63) is 36.3 Å². The van der Waals surface area contributed by atoms with Crippen molar-refractivity contribution in [2.24, 2.45) is 0 Å². The van der Waals surface area contributed by atoms with Crippen LogP contribution in [0.3, 0.4) is 0 Å². The van der Waals surface area contributed by atoms with E-state index in [1.54, 1.807) is 24.5 Å². The van der Waals surface area contributed by atoms with Crippen LogP contribution in [0.4, 0.5) is 0 Å². The number of pyridine rings is 1. The fraction of sp³-hybridized carbons (Fsp3) is 0.231. The van der Waals surface area contributed by atoms with Crippen LogP contribution in [0.2, 0.25) is 0 Å². The first-order chi connectivity index (χ1) is 9.19. The molecule has 2 heterocycles. The maximum Gasteiger partial charge on any atom is 0.343 e. The van der Waals surface area contributed by atoms with Crippen molar-refractivity contribution in [2.75, 3.05) is 13.7 Å². The van der Waals surface area contributed by atoms with Crippen LogP contribution < -0.4 is 4.74 Å². The molecule has 0 atom stereocenters. The first-order valence-corrected chi connectivity index (χ1v) is 5.65. The Labute approximate surface area is 110 Å². The fourth-order valence-electron chi connectivity index (χ4n) is 1.43. The molecule has 0 saturated heterocycles. The maximum absolute atomic E-state index is 11.0. The molecular formula is C13H13N3O3. The molecule has 0 aliphatic heterocycles. The smallest absolute Gasteiger partial charge is 0.343 e. The lowest BCUT2D eigenvalue weighted by atomic mass is 10.2. The number of esters is 1. The van der Waals surface area contributed by atoms with Gasteiger partial charge in [-0.2, -0.15) is 4.98 Å². The third-order valence-corrected chi connectivity index (χ3v) is 2.32. The quantitative estimate of drug-likeness (QED) is 0.773. The molecule has 98 valence electrons. The van der Waals surface area contributed by atoms with Crippen molar-refractivity contribution in [1.82, 2.24) is 15.0 Å². The van der Waals surface area contributed by atoms with E-state index in [1.165, 1.54) is 7.11 Å². The van der Waals surface area contributed by atoms with Gasteiger partial charge in [-0.05, 0) is 19.1 Å². The van der Waals surface area contributed by atoms with Crippen LogP contribution >= 0.6 is 0 Å². The number of nitrogens with zero attached hydrogens (tertiary/aromatic N) is 3. The molecule has 0 aliphatic rings. The largest absolute Gasteiger partial charge is 0.466 e. The van der Waals surface area contributed by atoms with Gasteiger partial charge in [-0.1, -0.05) is 0 Å². The highest BCUT2D eigenvalue weighted by Gasteiger charge is 2.08. The predicted octanol–water partition coefficient (Wildman–Crippen LogP) is 1.40. The van der Waals surface area contributed by atoms with Crippen molar-refractivity contribution in [3.8, 4) is 17.3 Å². The first-order valence-electron chi connectivity index (χ1n) is 5.65. The second-order valence-electron chi connectivity index (χ2n) is 3.78. The number of rotatable bonds is 4. The minimum Gasteiger partial charge on any atom is -0.466 e. The highest BCUT2D eigenvalue weighted by molar-refractivity contribution is 5.70. The van der Waals surface area contributed by atoms with Gasteiger partial charge in [-0.15, -0.1) is 0 Å². The third-order valence-electron chi connectivity index (χ3n) is 2.32. The molecule has 0 amide bonds. The van der Waals surface area contributed by atoms with E-state index in [-0.39, 0.29) is 6.61 Å². The summed E-state index contributed by atoms with van der Waals surface area (Å²) in [5.74, 6) is 0.379. The standard InChI is InChI=1S/C13H13N3O3/c1-9-6-11(19-8-12(17)18-2)16-13(15-9)10-4-3-5-14-7-10/h3-7H,8H2,1-2H3. The Balaban J connectivity index is 2.22. The molecule has 0 aliphatic carbocycles. The number of aromatic nitrogens is 3. The van der Waals surface area contributed by atoms with Gasteiger partial charge in [0.15, 0.2) is 12.4 Å². The van der Waals surface area contributed by atoms with Gasteiger partial charge in [-0.3, -0.25) is 4.98 Å². The number of carbonyl (C=O) groups is 1. The summed E-state index contributed by atoms with van der Waals surface area (Å²) >= 11 is 0. The molecule has 0 fully saturated rings. The fourth-order valence-corrected chi connectivity index (χ4v) is 1.43. The summed E-state index contributed by atoms with van der Waals surface area (Å²) in [7, 11) is 1.30. The Morgan fingerprint density at radius 2 is 2.21 bits per heavy atom. The lowest BCUT2D eigenvalue weighted by Gasteiger charge is -2.07. The van der Waals surface area contributed by atoms with Gasteiger partial charge in [0.2, 0.25) is 5.88 Å². The predicted molar refractivity (Wildman–Crippen MR) is 67.5 cm³/mol. The Bertz CT molecular complexity index is 573. The first kappa shape index (κ1) is 12.9. The molecule has 0 bridgehead atoms. The maximum atomic E-state index is 11.0. The Morgan fingerprint density at radius 3 is 2.89 bits per heavy atom. The third kappa shape index (κ3) is 3.48. The molecule has 0 spiro atoms. The van der Waals surface area contributed by atoms with Crippen molar-refractivity contribution in [3.63, 3.8) is 0 Å². The molecule has 0 unspecified atom stereocenters. The van der Waals surface area contributed by atoms with Crippen LogP contribution in [0.25, 0.3) is 11.4 Å². The zero-order chi connectivity index (χ0) is 13.7. The molecule has 0 radical (unpaired) electrons. The molecule has 2 aromatic heterocycles. The highest BCUT2D eigenvalue weighted by atomic mass is 16.6. The topological polar surface area (TPSA) is 74.2 Å². The summed E-state index contributed by atoms with van der Waals surface area (Å²) in [6, 6.07) is 5.31. The molecular weight excluding hydrogens is 246 g/mol. The monoisotopic (exact) mass is 259 g/mol. The van der Waals surface area contributed by atoms with Crippen LogP contribution in [0.1, 0.15) is 5.69 Å². The summed E-state index contributed by atoms with van der Waals surface area (Å²) in [5, 5.41) is 0. The second kappa shape index (κ2) is 5.90. The van der Waals surface area contributed by atoms with E-state index in [1.807, 2.05) is 13.0 Å². The number of aryl methyl sites for hydroxylation is 1. The second-order valence-corrected chi connectivity index (χ2v) is 3.78.